The van der Waals surface area contributed by atoms with E-state index < -0.39 is 6.04 Å². The van der Waals surface area contributed by atoms with E-state index in [-0.39, 0.29) is 17.9 Å². The van der Waals surface area contributed by atoms with Gasteiger partial charge in [0.15, 0.2) is 0 Å². The maximum atomic E-state index is 12.1. The summed E-state index contributed by atoms with van der Waals surface area (Å²) in [5.74, 6) is 0.543. The van der Waals surface area contributed by atoms with E-state index in [4.69, 9.17) is 4.74 Å². The number of ether oxygens (including phenoxy) is 1. The molecule has 0 spiro atoms. The predicted molar refractivity (Wildman–Crippen MR) is 73.7 cm³/mol. The number of rotatable bonds is 7. The fourth-order valence-corrected chi connectivity index (χ4v) is 2.17. The Kier molecular flexibility index (Phi) is 6.28. The molecule has 0 radical (unpaired) electrons. The highest BCUT2D eigenvalue weighted by atomic mass is 16.5. The first-order valence-corrected chi connectivity index (χ1v) is 7.16. The zero-order valence-corrected chi connectivity index (χ0v) is 12.4. The van der Waals surface area contributed by atoms with Crippen molar-refractivity contribution in [1.82, 2.24) is 10.2 Å². The topological polar surface area (TPSA) is 58.6 Å². The van der Waals surface area contributed by atoms with Gasteiger partial charge in [-0.25, -0.2) is 0 Å². The molecule has 1 saturated heterocycles. The number of nitrogens with zero attached hydrogens (tertiary/aromatic N) is 1. The highest BCUT2D eigenvalue weighted by Gasteiger charge is 2.36. The van der Waals surface area contributed by atoms with Gasteiger partial charge in [-0.05, 0) is 25.7 Å². The molecule has 0 aromatic heterocycles. The average Bonchev–Trinajstić information content (AvgIpc) is 2.34. The largest absolute Gasteiger partial charge is 0.380 e. The molecule has 1 N–H and O–H groups in total. The Morgan fingerprint density at radius 1 is 1.32 bits per heavy atom. The first-order chi connectivity index (χ1) is 8.97. The van der Waals surface area contributed by atoms with E-state index in [0.29, 0.717) is 32.1 Å². The molecule has 1 heterocycles. The van der Waals surface area contributed by atoms with E-state index in [1.165, 1.54) is 0 Å². The highest BCUT2D eigenvalue weighted by Crippen LogP contribution is 2.12. The molecule has 1 aliphatic heterocycles. The van der Waals surface area contributed by atoms with Crippen LogP contribution >= 0.6 is 0 Å². The molecule has 1 fully saturated rings. The number of hydrogen-bond donors (Lipinski definition) is 1. The number of carbonyl (C=O) groups excluding carboxylic acids is 2. The molecule has 5 nitrogen and oxygen atoms in total. The van der Waals surface area contributed by atoms with Crippen LogP contribution in [-0.2, 0) is 14.3 Å². The Labute approximate surface area is 115 Å². The standard InChI is InChI=1S/C14H26N2O3/c1-5-12-13(17)15-11(4)14(18)16(12)7-9-19-8-6-10(2)3/h10-12H,5-9H2,1-4H3,(H,15,17). The summed E-state index contributed by atoms with van der Waals surface area (Å²) in [6.45, 7) is 9.63. The van der Waals surface area contributed by atoms with Gasteiger partial charge in [0.2, 0.25) is 11.8 Å². The van der Waals surface area contributed by atoms with Gasteiger partial charge in [0.1, 0.15) is 12.1 Å². The molecular formula is C14H26N2O3. The Bertz CT molecular complexity index is 318. The Morgan fingerprint density at radius 2 is 2.00 bits per heavy atom. The third-order valence-corrected chi connectivity index (χ3v) is 3.39. The molecule has 0 aliphatic carbocycles. The third-order valence-electron chi connectivity index (χ3n) is 3.39. The molecule has 0 aromatic rings. The van der Waals surface area contributed by atoms with Crippen LogP contribution in [0, 0.1) is 5.92 Å². The van der Waals surface area contributed by atoms with Crippen LogP contribution in [0.5, 0.6) is 0 Å². The lowest BCUT2D eigenvalue weighted by Gasteiger charge is -2.37. The number of amides is 2. The summed E-state index contributed by atoms with van der Waals surface area (Å²) in [5.41, 5.74) is 0. The number of hydrogen-bond acceptors (Lipinski definition) is 3. The van der Waals surface area contributed by atoms with Gasteiger partial charge in [-0.2, -0.15) is 0 Å². The number of nitrogens with one attached hydrogen (secondary N) is 1. The average molecular weight is 270 g/mol. The molecular weight excluding hydrogens is 244 g/mol. The van der Waals surface area contributed by atoms with E-state index in [0.717, 1.165) is 6.42 Å². The molecule has 2 unspecified atom stereocenters. The molecule has 2 atom stereocenters. The molecule has 5 heteroatoms. The third kappa shape index (κ3) is 4.49. The second-order valence-electron chi connectivity index (χ2n) is 5.48. The molecule has 0 saturated carbocycles. The van der Waals surface area contributed by atoms with Crippen molar-refractivity contribution in [3.8, 4) is 0 Å². The van der Waals surface area contributed by atoms with E-state index in [1.807, 2.05) is 6.92 Å². The van der Waals surface area contributed by atoms with Crippen LogP contribution in [0.3, 0.4) is 0 Å². The zero-order chi connectivity index (χ0) is 14.4. The van der Waals surface area contributed by atoms with Gasteiger partial charge in [-0.1, -0.05) is 20.8 Å². The summed E-state index contributed by atoms with van der Waals surface area (Å²) >= 11 is 0. The fraction of sp³-hybridized carbons (Fsp3) is 0.857. The fourth-order valence-electron chi connectivity index (χ4n) is 2.17. The molecule has 110 valence electrons. The van der Waals surface area contributed by atoms with Crippen LogP contribution in [0.2, 0.25) is 0 Å². The normalized spacial score (nSPS) is 23.9. The molecule has 1 aliphatic rings. The van der Waals surface area contributed by atoms with Crippen molar-refractivity contribution >= 4 is 11.8 Å². The van der Waals surface area contributed by atoms with E-state index in [2.05, 4.69) is 19.2 Å². The van der Waals surface area contributed by atoms with E-state index in [1.54, 1.807) is 11.8 Å². The molecule has 19 heavy (non-hydrogen) atoms. The second kappa shape index (κ2) is 7.48. The van der Waals surface area contributed by atoms with E-state index >= 15 is 0 Å². The lowest BCUT2D eigenvalue weighted by Crippen LogP contribution is -2.62. The Morgan fingerprint density at radius 3 is 2.58 bits per heavy atom. The Balaban J connectivity index is 2.43. The highest BCUT2D eigenvalue weighted by molar-refractivity contribution is 5.96. The minimum atomic E-state index is -0.425. The van der Waals surface area contributed by atoms with Crippen molar-refractivity contribution < 1.29 is 14.3 Å². The van der Waals surface area contributed by atoms with Crippen LogP contribution in [0.4, 0.5) is 0 Å². The summed E-state index contributed by atoms with van der Waals surface area (Å²) in [5, 5.41) is 2.71. The maximum absolute atomic E-state index is 12.1. The molecule has 2 amide bonds. The van der Waals surface area contributed by atoms with Gasteiger partial charge in [-0.15, -0.1) is 0 Å². The van der Waals surface area contributed by atoms with Gasteiger partial charge in [0.05, 0.1) is 6.61 Å². The monoisotopic (exact) mass is 270 g/mol. The molecule has 1 rings (SSSR count). The lowest BCUT2D eigenvalue weighted by molar-refractivity contribution is -0.149. The smallest absolute Gasteiger partial charge is 0.245 e. The number of piperazine rings is 1. The summed E-state index contributed by atoms with van der Waals surface area (Å²) in [7, 11) is 0. The maximum Gasteiger partial charge on any atom is 0.245 e. The summed E-state index contributed by atoms with van der Waals surface area (Å²) in [6.07, 6.45) is 1.65. The second-order valence-corrected chi connectivity index (χ2v) is 5.48. The van der Waals surface area contributed by atoms with Crippen molar-refractivity contribution in [2.45, 2.75) is 52.6 Å². The van der Waals surface area contributed by atoms with Gasteiger partial charge >= 0.3 is 0 Å². The minimum Gasteiger partial charge on any atom is -0.380 e. The number of carbonyl (C=O) groups is 2. The summed E-state index contributed by atoms with van der Waals surface area (Å²) in [6, 6.07) is -0.775. The van der Waals surface area contributed by atoms with Crippen LogP contribution in [0.1, 0.15) is 40.5 Å². The predicted octanol–water partition coefficient (Wildman–Crippen LogP) is 1.17. The van der Waals surface area contributed by atoms with Gasteiger partial charge in [-0.3, -0.25) is 9.59 Å². The van der Waals surface area contributed by atoms with Gasteiger partial charge < -0.3 is 15.0 Å². The first kappa shape index (κ1) is 16.0. The minimum absolute atomic E-state index is 0.0149. The van der Waals surface area contributed by atoms with Gasteiger partial charge in [0.25, 0.3) is 0 Å². The van der Waals surface area contributed by atoms with Crippen LogP contribution in [-0.4, -0.2) is 48.6 Å². The van der Waals surface area contributed by atoms with Crippen LogP contribution in [0.25, 0.3) is 0 Å². The lowest BCUT2D eigenvalue weighted by atomic mass is 10.1. The van der Waals surface area contributed by atoms with Crippen molar-refractivity contribution in [2.75, 3.05) is 19.8 Å². The van der Waals surface area contributed by atoms with Crippen molar-refractivity contribution in [3.05, 3.63) is 0 Å². The molecule has 0 bridgehead atoms. The van der Waals surface area contributed by atoms with E-state index in [9.17, 15) is 9.59 Å². The summed E-state index contributed by atoms with van der Waals surface area (Å²) < 4.78 is 5.53. The summed E-state index contributed by atoms with van der Waals surface area (Å²) in [4.78, 5) is 25.5. The quantitative estimate of drug-likeness (QED) is 0.707. The van der Waals surface area contributed by atoms with Crippen molar-refractivity contribution in [2.24, 2.45) is 5.92 Å². The van der Waals surface area contributed by atoms with Crippen molar-refractivity contribution in [3.63, 3.8) is 0 Å². The Hall–Kier alpha value is -1.10. The molecule has 0 aromatic carbocycles. The van der Waals surface area contributed by atoms with Crippen molar-refractivity contribution in [1.29, 1.82) is 0 Å². The van der Waals surface area contributed by atoms with Gasteiger partial charge in [0, 0.05) is 13.2 Å². The SMILES string of the molecule is CCC1C(=O)NC(C)C(=O)N1CCOCCC(C)C. The first-order valence-electron chi connectivity index (χ1n) is 7.16. The van der Waals surface area contributed by atoms with Crippen LogP contribution in [0.15, 0.2) is 0 Å². The van der Waals surface area contributed by atoms with Crippen LogP contribution < -0.4 is 5.32 Å². The zero-order valence-electron chi connectivity index (χ0n) is 12.4.